The molecule has 1 saturated heterocycles. The molecule has 5 rings (SSSR count). The van der Waals surface area contributed by atoms with Crippen molar-refractivity contribution in [2.45, 2.75) is 34.4 Å². The minimum Gasteiger partial charge on any atom is -0.504 e. The third kappa shape index (κ3) is 2.97. The molecular formula is C24H24FNO4S. The van der Waals surface area contributed by atoms with Crippen LogP contribution in [0.3, 0.4) is 0 Å². The fraction of sp³-hybridized carbons (Fsp3) is 0.375. The van der Waals surface area contributed by atoms with Crippen molar-refractivity contribution in [2.24, 2.45) is 5.92 Å². The number of hydrogen-bond donors (Lipinski definition) is 2. The van der Waals surface area contributed by atoms with Crippen molar-refractivity contribution in [1.29, 1.82) is 0 Å². The molecule has 0 spiro atoms. The minimum atomic E-state index is -0.589. The van der Waals surface area contributed by atoms with Crippen molar-refractivity contribution >= 4 is 17.5 Å². The Morgan fingerprint density at radius 1 is 1.19 bits per heavy atom. The van der Waals surface area contributed by atoms with Crippen LogP contribution in [0.25, 0.3) is 0 Å². The Morgan fingerprint density at radius 3 is 2.65 bits per heavy atom. The van der Waals surface area contributed by atoms with Crippen LogP contribution in [-0.2, 0) is 14.9 Å². The summed E-state index contributed by atoms with van der Waals surface area (Å²) in [5, 5.41) is 21.3. The Hall–Kier alpha value is -2.51. The van der Waals surface area contributed by atoms with Gasteiger partial charge in [0, 0.05) is 34.3 Å². The largest absolute Gasteiger partial charge is 0.504 e. The molecule has 2 N–H and O–H groups in total. The highest BCUT2D eigenvalue weighted by molar-refractivity contribution is 7.99. The zero-order chi connectivity index (χ0) is 21.9. The summed E-state index contributed by atoms with van der Waals surface area (Å²) in [4.78, 5) is 16.1. The van der Waals surface area contributed by atoms with Gasteiger partial charge in [0.05, 0.1) is 12.4 Å². The van der Waals surface area contributed by atoms with E-state index in [0.717, 1.165) is 17.0 Å². The highest BCUT2D eigenvalue weighted by atomic mass is 32.2. The van der Waals surface area contributed by atoms with Crippen LogP contribution >= 0.6 is 11.8 Å². The molecule has 1 aliphatic heterocycles. The van der Waals surface area contributed by atoms with Crippen LogP contribution in [0.1, 0.15) is 29.2 Å². The fourth-order valence-corrected chi connectivity index (χ4v) is 7.13. The van der Waals surface area contributed by atoms with Crippen molar-refractivity contribution in [3.05, 3.63) is 65.2 Å². The first-order chi connectivity index (χ1) is 14.9. The number of rotatable bonds is 3. The Bertz CT molecular complexity index is 1090. The first-order valence-corrected chi connectivity index (χ1v) is 11.2. The predicted octanol–water partition coefficient (Wildman–Crippen LogP) is 4.15. The van der Waals surface area contributed by atoms with Gasteiger partial charge in [0.2, 0.25) is 0 Å². The molecular weight excluding hydrogens is 417 g/mol. The van der Waals surface area contributed by atoms with E-state index in [0.29, 0.717) is 17.7 Å². The summed E-state index contributed by atoms with van der Waals surface area (Å²) in [6.07, 6.45) is 2.85. The molecule has 31 heavy (non-hydrogen) atoms. The molecule has 0 aromatic heterocycles. The monoisotopic (exact) mass is 441 g/mol. The highest BCUT2D eigenvalue weighted by Crippen LogP contribution is 2.63. The molecule has 5 nitrogen and oxygen atoms in total. The van der Waals surface area contributed by atoms with Crippen LogP contribution in [-0.4, -0.2) is 47.6 Å². The Balaban J connectivity index is 1.74. The predicted molar refractivity (Wildman–Crippen MR) is 116 cm³/mol. The Kier molecular flexibility index (Phi) is 4.79. The van der Waals surface area contributed by atoms with E-state index in [1.54, 1.807) is 23.9 Å². The molecule has 2 aromatic rings. The number of nitrogens with zero attached hydrogens (tertiary/aromatic N) is 1. The molecule has 1 heterocycles. The summed E-state index contributed by atoms with van der Waals surface area (Å²) < 4.78 is 18.9. The topological polar surface area (TPSA) is 70.0 Å². The van der Waals surface area contributed by atoms with E-state index in [-0.39, 0.29) is 46.7 Å². The van der Waals surface area contributed by atoms with Crippen LogP contribution in [0.2, 0.25) is 0 Å². The van der Waals surface area contributed by atoms with Crippen LogP contribution < -0.4 is 0 Å². The van der Waals surface area contributed by atoms with E-state index in [1.165, 1.54) is 25.3 Å². The normalized spacial score (nSPS) is 29.7. The molecule has 1 unspecified atom stereocenters. The van der Waals surface area contributed by atoms with E-state index in [9.17, 15) is 19.4 Å². The van der Waals surface area contributed by atoms with Crippen LogP contribution in [0.15, 0.2) is 53.1 Å². The van der Waals surface area contributed by atoms with Crippen LogP contribution in [0.5, 0.6) is 11.5 Å². The number of ketones is 1. The number of phenols is 2. The van der Waals surface area contributed by atoms with Crippen molar-refractivity contribution in [3.63, 3.8) is 0 Å². The maximum atomic E-state index is 13.5. The lowest BCUT2D eigenvalue weighted by Gasteiger charge is -2.58. The molecule has 7 heteroatoms. The summed E-state index contributed by atoms with van der Waals surface area (Å²) in [6.45, 7) is 0.764. The van der Waals surface area contributed by atoms with Gasteiger partial charge in [0.25, 0.3) is 0 Å². The van der Waals surface area contributed by atoms with E-state index in [2.05, 4.69) is 11.9 Å². The van der Waals surface area contributed by atoms with E-state index in [1.807, 2.05) is 12.1 Å². The highest BCUT2D eigenvalue weighted by Gasteiger charge is 2.59. The lowest BCUT2D eigenvalue weighted by Crippen LogP contribution is -2.61. The SMILES string of the molecule is COC1=CC2[C@@H]3[C@H](Sc4ccc(F)cc4)c4ccc(O)c(O)c4[C@]2(CCN3C)CC1=O. The van der Waals surface area contributed by atoms with Gasteiger partial charge < -0.3 is 19.8 Å². The number of hydrogen-bond acceptors (Lipinski definition) is 6. The number of likely N-dealkylation sites (tertiary alicyclic amines) is 1. The number of halogens is 1. The second-order valence-corrected chi connectivity index (χ2v) is 9.84. The zero-order valence-electron chi connectivity index (χ0n) is 17.3. The molecule has 162 valence electrons. The molecule has 0 radical (unpaired) electrons. The summed E-state index contributed by atoms with van der Waals surface area (Å²) >= 11 is 1.61. The summed E-state index contributed by atoms with van der Waals surface area (Å²) in [5.41, 5.74) is 0.995. The molecule has 2 aromatic carbocycles. The Labute approximate surface area is 184 Å². The van der Waals surface area contributed by atoms with Gasteiger partial charge in [-0.15, -0.1) is 11.8 Å². The first kappa shape index (κ1) is 20.4. The van der Waals surface area contributed by atoms with Gasteiger partial charge in [0.1, 0.15) is 5.82 Å². The van der Waals surface area contributed by atoms with Crippen molar-refractivity contribution < 1.29 is 24.1 Å². The number of ether oxygens (including phenoxy) is 1. The number of likely N-dealkylation sites (N-methyl/N-ethyl adjacent to an activating group) is 1. The van der Waals surface area contributed by atoms with Crippen molar-refractivity contribution in [3.8, 4) is 11.5 Å². The smallest absolute Gasteiger partial charge is 0.197 e. The first-order valence-electron chi connectivity index (χ1n) is 10.3. The lowest BCUT2D eigenvalue weighted by molar-refractivity contribution is -0.122. The molecule has 4 atom stereocenters. The van der Waals surface area contributed by atoms with Gasteiger partial charge in [-0.3, -0.25) is 4.79 Å². The van der Waals surface area contributed by atoms with Crippen LogP contribution in [0, 0.1) is 11.7 Å². The molecule has 0 saturated carbocycles. The van der Waals surface area contributed by atoms with E-state index in [4.69, 9.17) is 4.74 Å². The van der Waals surface area contributed by atoms with Gasteiger partial charge in [-0.05, 0) is 62.0 Å². The number of piperidine rings is 1. The zero-order valence-corrected chi connectivity index (χ0v) is 18.2. The minimum absolute atomic E-state index is 0.0403. The number of phenolic OH excluding ortho intramolecular Hbond substituents is 2. The number of fused-ring (bicyclic) bond motifs is 1. The van der Waals surface area contributed by atoms with Crippen molar-refractivity contribution in [1.82, 2.24) is 4.90 Å². The number of Topliss-reactive ketones (excluding diaryl/α,β-unsaturated/α-hetero) is 1. The second kappa shape index (κ2) is 7.28. The molecule has 1 fully saturated rings. The number of thioether (sulfide) groups is 1. The van der Waals surface area contributed by atoms with Gasteiger partial charge in [0.15, 0.2) is 23.0 Å². The number of benzene rings is 2. The van der Waals surface area contributed by atoms with E-state index >= 15 is 0 Å². The summed E-state index contributed by atoms with van der Waals surface area (Å²) in [6, 6.07) is 9.81. The Morgan fingerprint density at radius 2 is 1.94 bits per heavy atom. The van der Waals surface area contributed by atoms with E-state index < -0.39 is 5.41 Å². The second-order valence-electron chi connectivity index (χ2n) is 8.63. The third-order valence-corrected chi connectivity index (χ3v) is 8.44. The lowest BCUT2D eigenvalue weighted by atomic mass is 9.53. The quantitative estimate of drug-likeness (QED) is 0.698. The van der Waals surface area contributed by atoms with Crippen molar-refractivity contribution in [2.75, 3.05) is 20.7 Å². The maximum Gasteiger partial charge on any atom is 0.197 e. The summed E-state index contributed by atoms with van der Waals surface area (Å²) in [7, 11) is 3.58. The van der Waals surface area contributed by atoms with Crippen LogP contribution in [0.4, 0.5) is 4.39 Å². The molecule has 0 amide bonds. The third-order valence-electron chi connectivity index (χ3n) is 7.11. The molecule has 2 bridgehead atoms. The average Bonchev–Trinajstić information content (AvgIpc) is 2.75. The van der Waals surface area contributed by atoms with Gasteiger partial charge in [-0.25, -0.2) is 4.39 Å². The number of aromatic hydroxyl groups is 2. The number of carbonyl (C=O) groups excluding carboxylic acids is 1. The summed E-state index contributed by atoms with van der Waals surface area (Å²) in [5.74, 6) is -0.406. The number of allylic oxidation sites excluding steroid dienone is 1. The number of methoxy groups -OCH3 is 1. The van der Waals surface area contributed by atoms with Gasteiger partial charge in [-0.2, -0.15) is 0 Å². The average molecular weight is 442 g/mol. The maximum absolute atomic E-state index is 13.5. The van der Waals surface area contributed by atoms with Gasteiger partial charge >= 0.3 is 0 Å². The fourth-order valence-electron chi connectivity index (χ4n) is 5.70. The number of carbonyl (C=O) groups is 1. The van der Waals surface area contributed by atoms with Gasteiger partial charge in [-0.1, -0.05) is 6.07 Å². The standard InChI is InChI=1S/C24H24FNO4S/c1-26-10-9-24-12-18(28)19(30-2)11-16(24)21(26)23(31-14-5-3-13(25)4-6-14)15-7-8-17(27)22(29)20(15)24/h3-8,11,16,21,23,27,29H,9-10,12H2,1-2H3/t16?,21-,23-,24-/m1/s1. The molecule has 3 aliphatic rings. The molecule has 2 aliphatic carbocycles.